The molecule has 0 aromatic heterocycles. The number of thioether (sulfide) groups is 1. The van der Waals surface area contributed by atoms with Crippen LogP contribution in [0.25, 0.3) is 0 Å². The van der Waals surface area contributed by atoms with Gasteiger partial charge in [0.05, 0.1) is 0 Å². The minimum absolute atomic E-state index is 0.302. The molecule has 5 nitrogen and oxygen atoms in total. The number of nitrogens with one attached hydrogen (secondary N) is 2. The molecule has 1 heterocycles. The van der Waals surface area contributed by atoms with E-state index in [4.69, 9.17) is 0 Å². The van der Waals surface area contributed by atoms with Crippen LogP contribution in [-0.2, 0) is 11.2 Å². The van der Waals surface area contributed by atoms with Crippen molar-refractivity contribution in [2.24, 2.45) is 0 Å². The molecule has 1 aliphatic heterocycles. The first kappa shape index (κ1) is 15.7. The number of benzene rings is 1. The standard InChI is InChI=1S/C15H20N2O3S/c1-21-9-7-13(15(19)20)17-14(18)11-4-2-6-12-10(11)5-3-8-16-12/h2,4,6,13,16H,3,5,7-9H2,1H3,(H,17,18)(H,19,20)/t13-/m1/s1. The van der Waals surface area contributed by atoms with Crippen LogP contribution in [0.5, 0.6) is 0 Å². The number of anilines is 1. The topological polar surface area (TPSA) is 78.4 Å². The van der Waals surface area contributed by atoms with Crippen molar-refractivity contribution >= 4 is 29.3 Å². The number of hydrogen-bond acceptors (Lipinski definition) is 4. The lowest BCUT2D eigenvalue weighted by Gasteiger charge is -2.21. The minimum Gasteiger partial charge on any atom is -0.480 e. The normalized spacial score (nSPS) is 14.7. The van der Waals surface area contributed by atoms with Crippen LogP contribution in [0.4, 0.5) is 5.69 Å². The first-order valence-corrected chi connectivity index (χ1v) is 8.41. The molecular formula is C15H20N2O3S. The molecule has 0 saturated carbocycles. The molecule has 114 valence electrons. The van der Waals surface area contributed by atoms with E-state index in [2.05, 4.69) is 10.6 Å². The Labute approximate surface area is 128 Å². The Bertz CT molecular complexity index is 534. The van der Waals surface area contributed by atoms with Crippen molar-refractivity contribution in [2.45, 2.75) is 25.3 Å². The Hall–Kier alpha value is -1.69. The molecular weight excluding hydrogens is 288 g/mol. The predicted octanol–water partition coefficient (Wildman–Crippen LogP) is 1.98. The molecule has 1 atom stereocenters. The van der Waals surface area contributed by atoms with Crippen molar-refractivity contribution < 1.29 is 14.7 Å². The summed E-state index contributed by atoms with van der Waals surface area (Å²) in [6.07, 6.45) is 4.16. The maximum absolute atomic E-state index is 12.4. The second kappa shape index (κ2) is 7.36. The van der Waals surface area contributed by atoms with E-state index in [1.54, 1.807) is 17.8 Å². The number of fused-ring (bicyclic) bond motifs is 1. The molecule has 0 aliphatic carbocycles. The lowest BCUT2D eigenvalue weighted by Crippen LogP contribution is -2.41. The van der Waals surface area contributed by atoms with Gasteiger partial charge >= 0.3 is 5.97 Å². The summed E-state index contributed by atoms with van der Waals surface area (Å²) in [5, 5.41) is 15.1. The fourth-order valence-electron chi connectivity index (χ4n) is 2.45. The fraction of sp³-hybridized carbons (Fsp3) is 0.467. The van der Waals surface area contributed by atoms with Crippen LogP contribution in [0.3, 0.4) is 0 Å². The molecule has 1 amide bonds. The van der Waals surface area contributed by atoms with Gasteiger partial charge in [-0.3, -0.25) is 4.79 Å². The number of carboxylic acid groups (broad SMARTS) is 1. The van der Waals surface area contributed by atoms with Gasteiger partial charge in [0.2, 0.25) is 0 Å². The third-order valence-corrected chi connectivity index (χ3v) is 4.20. The van der Waals surface area contributed by atoms with Gasteiger partial charge in [0, 0.05) is 17.8 Å². The van der Waals surface area contributed by atoms with Crippen LogP contribution in [-0.4, -0.2) is 41.6 Å². The molecule has 1 aromatic carbocycles. The van der Waals surface area contributed by atoms with Crippen LogP contribution >= 0.6 is 11.8 Å². The second-order valence-electron chi connectivity index (χ2n) is 5.01. The molecule has 0 saturated heterocycles. The highest BCUT2D eigenvalue weighted by Crippen LogP contribution is 2.25. The van der Waals surface area contributed by atoms with Gasteiger partial charge in [0.15, 0.2) is 0 Å². The van der Waals surface area contributed by atoms with E-state index in [1.807, 2.05) is 18.4 Å². The Kier molecular flexibility index (Phi) is 5.50. The molecule has 3 N–H and O–H groups in total. The average Bonchev–Trinajstić information content (AvgIpc) is 2.50. The molecule has 21 heavy (non-hydrogen) atoms. The van der Waals surface area contributed by atoms with Crippen molar-refractivity contribution in [1.82, 2.24) is 5.32 Å². The van der Waals surface area contributed by atoms with Crippen molar-refractivity contribution in [2.75, 3.05) is 23.9 Å². The fourth-order valence-corrected chi connectivity index (χ4v) is 2.92. The van der Waals surface area contributed by atoms with E-state index in [0.717, 1.165) is 30.6 Å². The Morgan fingerprint density at radius 2 is 2.29 bits per heavy atom. The maximum atomic E-state index is 12.4. The zero-order chi connectivity index (χ0) is 15.2. The SMILES string of the molecule is CSCC[C@@H](NC(=O)c1cccc2c1CCCN2)C(=O)O. The van der Waals surface area contributed by atoms with Gasteiger partial charge in [-0.25, -0.2) is 4.79 Å². The quantitative estimate of drug-likeness (QED) is 0.749. The van der Waals surface area contributed by atoms with Gasteiger partial charge in [-0.15, -0.1) is 0 Å². The molecule has 0 radical (unpaired) electrons. The second-order valence-corrected chi connectivity index (χ2v) is 5.99. The monoisotopic (exact) mass is 308 g/mol. The zero-order valence-electron chi connectivity index (χ0n) is 12.0. The lowest BCUT2D eigenvalue weighted by atomic mass is 9.97. The summed E-state index contributed by atoms with van der Waals surface area (Å²) in [7, 11) is 0. The van der Waals surface area contributed by atoms with E-state index in [0.29, 0.717) is 17.7 Å². The highest BCUT2D eigenvalue weighted by Gasteiger charge is 2.23. The Balaban J connectivity index is 2.14. The summed E-state index contributed by atoms with van der Waals surface area (Å²) in [4.78, 5) is 23.6. The number of carbonyl (C=O) groups excluding carboxylic acids is 1. The zero-order valence-corrected chi connectivity index (χ0v) is 12.8. The Morgan fingerprint density at radius 3 is 3.00 bits per heavy atom. The first-order chi connectivity index (χ1) is 10.1. The lowest BCUT2D eigenvalue weighted by molar-refractivity contribution is -0.139. The number of amides is 1. The number of aliphatic carboxylic acids is 1. The maximum Gasteiger partial charge on any atom is 0.326 e. The van der Waals surface area contributed by atoms with Gasteiger partial charge in [-0.05, 0) is 49.0 Å². The van der Waals surface area contributed by atoms with Gasteiger partial charge in [-0.2, -0.15) is 11.8 Å². The van der Waals surface area contributed by atoms with Gasteiger partial charge in [-0.1, -0.05) is 6.07 Å². The third kappa shape index (κ3) is 3.91. The summed E-state index contributed by atoms with van der Waals surface area (Å²) in [5.41, 5.74) is 2.54. The van der Waals surface area contributed by atoms with Crippen molar-refractivity contribution in [1.29, 1.82) is 0 Å². The number of carboxylic acids is 1. The first-order valence-electron chi connectivity index (χ1n) is 7.02. The number of carbonyl (C=O) groups is 2. The largest absolute Gasteiger partial charge is 0.480 e. The molecule has 0 fully saturated rings. The predicted molar refractivity (Wildman–Crippen MR) is 85.1 cm³/mol. The highest BCUT2D eigenvalue weighted by atomic mass is 32.2. The summed E-state index contributed by atoms with van der Waals surface area (Å²) >= 11 is 1.57. The summed E-state index contributed by atoms with van der Waals surface area (Å²) < 4.78 is 0. The van der Waals surface area contributed by atoms with Crippen molar-refractivity contribution in [3.8, 4) is 0 Å². The van der Waals surface area contributed by atoms with E-state index >= 15 is 0 Å². The van der Waals surface area contributed by atoms with Gasteiger partial charge < -0.3 is 15.7 Å². The number of rotatable bonds is 6. The van der Waals surface area contributed by atoms with E-state index < -0.39 is 12.0 Å². The molecule has 0 unspecified atom stereocenters. The molecule has 6 heteroatoms. The highest BCUT2D eigenvalue weighted by molar-refractivity contribution is 7.98. The summed E-state index contributed by atoms with van der Waals surface area (Å²) in [6.45, 7) is 0.906. The molecule has 0 spiro atoms. The smallest absolute Gasteiger partial charge is 0.326 e. The van der Waals surface area contributed by atoms with Crippen LogP contribution in [0.15, 0.2) is 18.2 Å². The van der Waals surface area contributed by atoms with Crippen molar-refractivity contribution in [3.05, 3.63) is 29.3 Å². The summed E-state index contributed by atoms with van der Waals surface area (Å²) in [6, 6.07) is 4.70. The van der Waals surface area contributed by atoms with Gasteiger partial charge in [0.1, 0.15) is 6.04 Å². The van der Waals surface area contributed by atoms with Crippen LogP contribution in [0, 0.1) is 0 Å². The van der Waals surface area contributed by atoms with Gasteiger partial charge in [0.25, 0.3) is 5.91 Å². The molecule has 0 bridgehead atoms. The minimum atomic E-state index is -0.986. The van der Waals surface area contributed by atoms with E-state index in [9.17, 15) is 14.7 Å². The average molecular weight is 308 g/mol. The molecule has 1 aromatic rings. The van der Waals surface area contributed by atoms with Crippen LogP contribution in [0.1, 0.15) is 28.8 Å². The van der Waals surface area contributed by atoms with Crippen LogP contribution in [0.2, 0.25) is 0 Å². The number of hydrogen-bond donors (Lipinski definition) is 3. The van der Waals surface area contributed by atoms with E-state index in [1.165, 1.54) is 0 Å². The van der Waals surface area contributed by atoms with Crippen molar-refractivity contribution in [3.63, 3.8) is 0 Å². The molecule has 1 aliphatic rings. The van der Waals surface area contributed by atoms with E-state index in [-0.39, 0.29) is 5.91 Å². The Morgan fingerprint density at radius 1 is 1.48 bits per heavy atom. The summed E-state index contributed by atoms with van der Waals surface area (Å²) in [5.74, 6) is -0.588. The van der Waals surface area contributed by atoms with Crippen LogP contribution < -0.4 is 10.6 Å². The third-order valence-electron chi connectivity index (χ3n) is 3.55. The molecule has 2 rings (SSSR count).